The molecule has 1 fully saturated rings. The summed E-state index contributed by atoms with van der Waals surface area (Å²) in [6.07, 6.45) is 1.59. The number of fused-ring (bicyclic) bond motifs is 1. The summed E-state index contributed by atoms with van der Waals surface area (Å²) in [7, 11) is -3.62. The number of para-hydroxylation sites is 1. The molecule has 168 valence electrons. The van der Waals surface area contributed by atoms with Crippen LogP contribution in [0.1, 0.15) is 25.3 Å². The first-order chi connectivity index (χ1) is 14.1. The number of hydrogen-bond acceptors (Lipinski definition) is 4. The Labute approximate surface area is 175 Å². The molecule has 3 rings (SSSR count). The van der Waals surface area contributed by atoms with E-state index in [4.69, 9.17) is 0 Å². The number of nitrogens with one attached hydrogen (secondary N) is 2. The van der Waals surface area contributed by atoms with E-state index in [1.54, 1.807) is 7.05 Å². The van der Waals surface area contributed by atoms with Crippen LogP contribution in [0.3, 0.4) is 0 Å². The Morgan fingerprint density at radius 3 is 2.53 bits per heavy atom. The molecule has 0 aliphatic carbocycles. The Morgan fingerprint density at radius 1 is 1.23 bits per heavy atom. The summed E-state index contributed by atoms with van der Waals surface area (Å²) >= 11 is 0. The van der Waals surface area contributed by atoms with Gasteiger partial charge in [-0.15, -0.1) is 0 Å². The average molecular weight is 448 g/mol. The van der Waals surface area contributed by atoms with Crippen LogP contribution in [0, 0.1) is 0 Å². The van der Waals surface area contributed by atoms with E-state index in [1.807, 2.05) is 12.1 Å². The van der Waals surface area contributed by atoms with Gasteiger partial charge >= 0.3 is 15.5 Å². The van der Waals surface area contributed by atoms with Crippen molar-refractivity contribution in [2.45, 2.75) is 43.8 Å². The van der Waals surface area contributed by atoms with Gasteiger partial charge in [0.25, 0.3) is 0 Å². The molecule has 0 radical (unpaired) electrons. The molecular weight excluding hydrogens is 419 g/mol. The van der Waals surface area contributed by atoms with Crippen LogP contribution < -0.4 is 15.5 Å². The molecule has 1 saturated heterocycles. The van der Waals surface area contributed by atoms with Gasteiger partial charge in [0.2, 0.25) is 0 Å². The summed E-state index contributed by atoms with van der Waals surface area (Å²) in [5, 5.41) is 6.47. The smallest absolute Gasteiger partial charge is 0.366 e. The van der Waals surface area contributed by atoms with Gasteiger partial charge in [0, 0.05) is 51.0 Å². The zero-order valence-electron chi connectivity index (χ0n) is 17.1. The molecule has 2 aliphatic heterocycles. The van der Waals surface area contributed by atoms with Gasteiger partial charge in [0.1, 0.15) is 0 Å². The molecule has 7 nitrogen and oxygen atoms in total. The van der Waals surface area contributed by atoms with Gasteiger partial charge in [-0.1, -0.05) is 18.2 Å². The van der Waals surface area contributed by atoms with Gasteiger partial charge < -0.3 is 15.5 Å². The maximum absolute atomic E-state index is 12.7. The summed E-state index contributed by atoms with van der Waals surface area (Å²) in [6.45, 7) is 3.40. The highest BCUT2D eigenvalue weighted by Gasteiger charge is 2.50. The Kier molecular flexibility index (Phi) is 6.81. The highest BCUT2D eigenvalue weighted by molar-refractivity contribution is 7.90. The Hall–Kier alpha value is -2.01. The topological polar surface area (TPSA) is 77.0 Å². The van der Waals surface area contributed by atoms with Crippen LogP contribution in [-0.4, -0.2) is 69.5 Å². The fourth-order valence-electron chi connectivity index (χ4n) is 3.95. The molecule has 0 amide bonds. The Bertz CT molecular complexity index is 867. The molecule has 0 aromatic heterocycles. The molecule has 1 aromatic rings. The average Bonchev–Trinajstić information content (AvgIpc) is 3.14. The lowest BCUT2D eigenvalue weighted by Gasteiger charge is -2.33. The molecule has 1 atom stereocenters. The maximum Gasteiger partial charge on any atom is 0.511 e. The number of alkyl halides is 3. The number of guanidine groups is 1. The lowest BCUT2D eigenvalue weighted by atomic mass is 10.1. The summed E-state index contributed by atoms with van der Waals surface area (Å²) < 4.78 is 61.6. The molecule has 11 heteroatoms. The highest BCUT2D eigenvalue weighted by atomic mass is 32.2. The number of sulfonamides is 1. The molecular formula is C19H28F3N5O2S. The number of aliphatic imine (C=N–C) groups is 1. The molecule has 1 unspecified atom stereocenters. The lowest BCUT2D eigenvalue weighted by Crippen LogP contribution is -2.53. The van der Waals surface area contributed by atoms with Crippen molar-refractivity contribution >= 4 is 21.7 Å². The predicted octanol–water partition coefficient (Wildman–Crippen LogP) is 1.92. The molecule has 30 heavy (non-hydrogen) atoms. The second kappa shape index (κ2) is 9.01. The van der Waals surface area contributed by atoms with E-state index in [0.29, 0.717) is 16.8 Å². The predicted molar refractivity (Wildman–Crippen MR) is 111 cm³/mol. The van der Waals surface area contributed by atoms with Gasteiger partial charge in [-0.2, -0.15) is 17.5 Å². The van der Waals surface area contributed by atoms with E-state index < -0.39 is 15.5 Å². The Balaban J connectivity index is 1.48. The van der Waals surface area contributed by atoms with Crippen LogP contribution in [0.2, 0.25) is 0 Å². The van der Waals surface area contributed by atoms with Crippen LogP contribution in [0.15, 0.2) is 29.3 Å². The van der Waals surface area contributed by atoms with Crippen LogP contribution in [0.25, 0.3) is 0 Å². The number of hydrogen-bond donors (Lipinski definition) is 2. The van der Waals surface area contributed by atoms with Crippen LogP contribution in [0.5, 0.6) is 0 Å². The zero-order chi connectivity index (χ0) is 21.9. The molecule has 2 heterocycles. The number of piperidine rings is 1. The quantitative estimate of drug-likeness (QED) is 0.533. The van der Waals surface area contributed by atoms with E-state index in [0.717, 1.165) is 13.0 Å². The van der Waals surface area contributed by atoms with Crippen molar-refractivity contribution in [1.82, 2.24) is 14.9 Å². The monoisotopic (exact) mass is 447 g/mol. The number of nitrogens with zero attached hydrogens (tertiary/aromatic N) is 3. The number of anilines is 1. The first-order valence-corrected chi connectivity index (χ1v) is 11.5. The third-order valence-corrected chi connectivity index (χ3v) is 7.30. The minimum absolute atomic E-state index is 0.140. The van der Waals surface area contributed by atoms with Gasteiger partial charge in [-0.05, 0) is 37.8 Å². The maximum atomic E-state index is 12.7. The summed E-state index contributed by atoms with van der Waals surface area (Å²) in [6, 6.07) is 8.42. The van der Waals surface area contributed by atoms with Crippen molar-refractivity contribution < 1.29 is 21.6 Å². The minimum atomic E-state index is -5.26. The van der Waals surface area contributed by atoms with Gasteiger partial charge in [-0.3, -0.25) is 4.99 Å². The van der Waals surface area contributed by atoms with E-state index in [9.17, 15) is 21.6 Å². The van der Waals surface area contributed by atoms with Gasteiger partial charge in [-0.25, -0.2) is 8.42 Å². The van der Waals surface area contributed by atoms with Crippen molar-refractivity contribution in [3.8, 4) is 0 Å². The van der Waals surface area contributed by atoms with Crippen molar-refractivity contribution in [3.05, 3.63) is 29.8 Å². The van der Waals surface area contributed by atoms with E-state index in [-0.39, 0.29) is 38.0 Å². The largest absolute Gasteiger partial charge is 0.511 e. The third-order valence-electron chi connectivity index (χ3n) is 5.67. The van der Waals surface area contributed by atoms with Crippen molar-refractivity contribution in [2.24, 2.45) is 4.99 Å². The molecule has 0 saturated carbocycles. The molecule has 2 N–H and O–H groups in total. The van der Waals surface area contributed by atoms with E-state index in [2.05, 4.69) is 39.6 Å². The Morgan fingerprint density at radius 2 is 1.90 bits per heavy atom. The number of rotatable bonds is 5. The first kappa shape index (κ1) is 22.7. The van der Waals surface area contributed by atoms with Gasteiger partial charge in [0.15, 0.2) is 5.96 Å². The number of halogens is 3. The van der Waals surface area contributed by atoms with E-state index in [1.165, 1.54) is 11.3 Å². The van der Waals surface area contributed by atoms with Crippen LogP contribution in [-0.2, 0) is 16.4 Å². The third kappa shape index (κ3) is 4.83. The molecule has 0 bridgehead atoms. The second-order valence-electron chi connectivity index (χ2n) is 7.64. The van der Waals surface area contributed by atoms with Crippen LogP contribution in [0.4, 0.5) is 18.9 Å². The molecule has 1 aromatic carbocycles. The highest BCUT2D eigenvalue weighted by Crippen LogP contribution is 2.30. The normalized spacial score (nSPS) is 20.2. The zero-order valence-corrected chi connectivity index (χ0v) is 17.9. The summed E-state index contributed by atoms with van der Waals surface area (Å²) in [5.41, 5.74) is -2.67. The van der Waals surface area contributed by atoms with Crippen molar-refractivity contribution in [2.75, 3.05) is 38.1 Å². The van der Waals surface area contributed by atoms with Gasteiger partial charge in [0.05, 0.1) is 0 Å². The fraction of sp³-hybridized carbons (Fsp3) is 0.632. The second-order valence-corrected chi connectivity index (χ2v) is 9.57. The lowest BCUT2D eigenvalue weighted by molar-refractivity contribution is -0.0494. The van der Waals surface area contributed by atoms with Crippen LogP contribution >= 0.6 is 0 Å². The number of benzene rings is 1. The standard InChI is InChI=1S/C19H28F3N5O2S/c1-14(27-12-7-15-5-3-4-6-17(15)27)13-24-18(23-2)25-16-8-10-26(11-9-16)30(28,29)19(20,21)22/h3-6,14,16H,7-13H2,1-2H3,(H2,23,24,25). The van der Waals surface area contributed by atoms with E-state index >= 15 is 0 Å². The van der Waals surface area contributed by atoms with Crippen molar-refractivity contribution in [3.63, 3.8) is 0 Å². The first-order valence-electron chi connectivity index (χ1n) is 10.0. The summed E-state index contributed by atoms with van der Waals surface area (Å²) in [5.74, 6) is 0.562. The minimum Gasteiger partial charge on any atom is -0.366 e. The molecule has 2 aliphatic rings. The SMILES string of the molecule is CN=C(NCC(C)N1CCc2ccccc21)NC1CCN(S(=O)(=O)C(F)(F)F)CC1. The molecule has 0 spiro atoms. The van der Waals surface area contributed by atoms with Crippen molar-refractivity contribution in [1.29, 1.82) is 0 Å². The summed E-state index contributed by atoms with van der Waals surface area (Å²) in [4.78, 5) is 6.54. The fourth-order valence-corrected chi connectivity index (χ4v) is 4.94.